The molecule has 1 saturated heterocycles. The van der Waals surface area contributed by atoms with Gasteiger partial charge < -0.3 is 9.64 Å². The molecule has 2 aliphatic rings. The average molecular weight is 314 g/mol. The molecule has 0 aromatic heterocycles. The van der Waals surface area contributed by atoms with E-state index >= 15 is 0 Å². The minimum absolute atomic E-state index is 0.0569. The Kier molecular flexibility index (Phi) is 3.30. The van der Waals surface area contributed by atoms with Gasteiger partial charge in [-0.05, 0) is 42.6 Å². The maximum atomic E-state index is 12.0. The zero-order valence-corrected chi connectivity index (χ0v) is 12.8. The summed E-state index contributed by atoms with van der Waals surface area (Å²) < 4.78 is 6.13. The molecule has 112 valence electrons. The number of para-hydroxylation sites is 3. The quantitative estimate of drug-likeness (QED) is 0.725. The second-order valence-electron chi connectivity index (χ2n) is 5.80. The molecule has 3 nitrogen and oxygen atoms in total. The standard InChI is InChI=1S/C18H16ClNO2/c19-18(21)13-7-5-11-20-14-8-2-4-10-16(14)22-15-9-3-1-6-12(15)17(13)20/h1-4,6,8-10,13,17H,5,7,11H2/t13-,17-/m0/s1. The molecule has 0 spiro atoms. The van der Waals surface area contributed by atoms with E-state index in [0.29, 0.717) is 0 Å². The summed E-state index contributed by atoms with van der Waals surface area (Å²) in [5, 5.41) is -0.260. The summed E-state index contributed by atoms with van der Waals surface area (Å²) in [5.41, 5.74) is 2.07. The first-order valence-corrected chi connectivity index (χ1v) is 7.95. The SMILES string of the molecule is O=C(Cl)[C@H]1CCCN2c3ccccc3Oc3ccccc3[C@@H]12. The molecule has 2 aromatic rings. The van der Waals surface area contributed by atoms with Gasteiger partial charge in [0.25, 0.3) is 0 Å². The lowest BCUT2D eigenvalue weighted by Crippen LogP contribution is -2.40. The highest BCUT2D eigenvalue weighted by atomic mass is 35.5. The monoisotopic (exact) mass is 313 g/mol. The molecule has 0 amide bonds. The highest BCUT2D eigenvalue weighted by molar-refractivity contribution is 6.64. The molecule has 4 rings (SSSR count). The molecule has 0 N–H and O–H groups in total. The predicted octanol–water partition coefficient (Wildman–Crippen LogP) is 4.52. The van der Waals surface area contributed by atoms with Crippen LogP contribution in [0, 0.1) is 5.92 Å². The number of hydrogen-bond acceptors (Lipinski definition) is 3. The highest BCUT2D eigenvalue weighted by Gasteiger charge is 2.40. The summed E-state index contributed by atoms with van der Waals surface area (Å²) in [5.74, 6) is 1.44. The van der Waals surface area contributed by atoms with E-state index in [9.17, 15) is 4.79 Å². The average Bonchev–Trinajstić information content (AvgIpc) is 2.69. The van der Waals surface area contributed by atoms with Crippen LogP contribution >= 0.6 is 11.6 Å². The highest BCUT2D eigenvalue weighted by Crippen LogP contribution is 2.49. The largest absolute Gasteiger partial charge is 0.455 e. The van der Waals surface area contributed by atoms with Gasteiger partial charge in [-0.3, -0.25) is 4.79 Å². The lowest BCUT2D eigenvalue weighted by Gasteiger charge is -2.40. The van der Waals surface area contributed by atoms with Crippen molar-refractivity contribution in [1.29, 1.82) is 0 Å². The van der Waals surface area contributed by atoms with Crippen molar-refractivity contribution in [2.45, 2.75) is 18.9 Å². The Morgan fingerprint density at radius 3 is 2.64 bits per heavy atom. The van der Waals surface area contributed by atoms with Crippen molar-refractivity contribution < 1.29 is 9.53 Å². The third kappa shape index (κ3) is 2.08. The third-order valence-corrected chi connectivity index (χ3v) is 4.84. The van der Waals surface area contributed by atoms with Crippen molar-refractivity contribution in [3.8, 4) is 11.5 Å². The molecule has 2 atom stereocenters. The van der Waals surface area contributed by atoms with Crippen LogP contribution in [0.1, 0.15) is 24.4 Å². The number of anilines is 1. The topological polar surface area (TPSA) is 29.5 Å². The van der Waals surface area contributed by atoms with Crippen LogP contribution in [0.5, 0.6) is 11.5 Å². The summed E-state index contributed by atoms with van der Waals surface area (Å²) in [4.78, 5) is 14.3. The van der Waals surface area contributed by atoms with Crippen LogP contribution in [0.3, 0.4) is 0 Å². The van der Waals surface area contributed by atoms with Gasteiger partial charge in [-0.15, -0.1) is 0 Å². The molecule has 2 heterocycles. The summed E-state index contributed by atoms with van der Waals surface area (Å²) in [7, 11) is 0. The van der Waals surface area contributed by atoms with Crippen molar-refractivity contribution in [1.82, 2.24) is 0 Å². The van der Waals surface area contributed by atoms with Gasteiger partial charge in [-0.1, -0.05) is 30.3 Å². The molecular formula is C18H16ClNO2. The second-order valence-corrected chi connectivity index (χ2v) is 6.17. The number of rotatable bonds is 1. The van der Waals surface area contributed by atoms with Gasteiger partial charge >= 0.3 is 0 Å². The first-order valence-electron chi connectivity index (χ1n) is 7.57. The van der Waals surface area contributed by atoms with Crippen LogP contribution < -0.4 is 9.64 Å². The van der Waals surface area contributed by atoms with Crippen molar-refractivity contribution in [2.75, 3.05) is 11.4 Å². The van der Waals surface area contributed by atoms with Crippen molar-refractivity contribution in [3.05, 3.63) is 54.1 Å². The van der Waals surface area contributed by atoms with E-state index < -0.39 is 0 Å². The second kappa shape index (κ2) is 5.33. The summed E-state index contributed by atoms with van der Waals surface area (Å²) in [6.07, 6.45) is 1.77. The fraction of sp³-hybridized carbons (Fsp3) is 0.278. The molecule has 4 heteroatoms. The van der Waals surface area contributed by atoms with E-state index in [1.165, 1.54) is 0 Å². The van der Waals surface area contributed by atoms with Gasteiger partial charge in [0.15, 0.2) is 5.75 Å². The van der Waals surface area contributed by atoms with Crippen molar-refractivity contribution in [2.24, 2.45) is 5.92 Å². The van der Waals surface area contributed by atoms with Gasteiger partial charge in [0, 0.05) is 12.1 Å². The van der Waals surface area contributed by atoms with Crippen molar-refractivity contribution in [3.63, 3.8) is 0 Å². The zero-order chi connectivity index (χ0) is 15.1. The van der Waals surface area contributed by atoms with E-state index in [4.69, 9.17) is 16.3 Å². The molecule has 0 radical (unpaired) electrons. The number of fused-ring (bicyclic) bond motifs is 5. The Balaban J connectivity index is 1.94. The first-order chi connectivity index (χ1) is 10.8. The summed E-state index contributed by atoms with van der Waals surface area (Å²) in [6.45, 7) is 0.903. The molecule has 0 bridgehead atoms. The fourth-order valence-electron chi connectivity index (χ4n) is 3.61. The Labute approximate surface area is 134 Å². The smallest absolute Gasteiger partial charge is 0.227 e. The Morgan fingerprint density at radius 1 is 1.09 bits per heavy atom. The fourth-order valence-corrected chi connectivity index (χ4v) is 3.83. The lowest BCUT2D eigenvalue weighted by molar-refractivity contribution is -0.116. The van der Waals surface area contributed by atoms with Crippen LogP contribution in [-0.2, 0) is 4.79 Å². The van der Waals surface area contributed by atoms with Gasteiger partial charge in [-0.25, -0.2) is 0 Å². The van der Waals surface area contributed by atoms with Crippen LogP contribution in [0.15, 0.2) is 48.5 Å². The zero-order valence-electron chi connectivity index (χ0n) is 12.0. The van der Waals surface area contributed by atoms with Gasteiger partial charge in [0.2, 0.25) is 5.24 Å². The maximum absolute atomic E-state index is 12.0. The lowest BCUT2D eigenvalue weighted by atomic mass is 9.85. The Morgan fingerprint density at radius 2 is 1.82 bits per heavy atom. The first kappa shape index (κ1) is 13.6. The van der Waals surface area contributed by atoms with E-state index in [-0.39, 0.29) is 17.2 Å². The number of benzene rings is 2. The van der Waals surface area contributed by atoms with Gasteiger partial charge in [0.1, 0.15) is 5.75 Å². The molecule has 0 saturated carbocycles. The molecule has 0 aliphatic carbocycles. The Bertz CT molecular complexity index is 731. The minimum Gasteiger partial charge on any atom is -0.455 e. The molecule has 2 aliphatic heterocycles. The number of carbonyl (C=O) groups excluding carboxylic acids is 1. The maximum Gasteiger partial charge on any atom is 0.227 e. The molecule has 0 unspecified atom stereocenters. The van der Waals surface area contributed by atoms with E-state index in [0.717, 1.165) is 42.1 Å². The van der Waals surface area contributed by atoms with Crippen molar-refractivity contribution >= 4 is 22.5 Å². The van der Waals surface area contributed by atoms with Crippen LogP contribution in [0.2, 0.25) is 0 Å². The van der Waals surface area contributed by atoms with Gasteiger partial charge in [0.05, 0.1) is 17.6 Å². The number of hydrogen-bond donors (Lipinski definition) is 0. The number of ether oxygens (including phenoxy) is 1. The predicted molar refractivity (Wildman–Crippen MR) is 86.6 cm³/mol. The van der Waals surface area contributed by atoms with Crippen LogP contribution in [-0.4, -0.2) is 11.8 Å². The van der Waals surface area contributed by atoms with E-state index in [2.05, 4.69) is 11.0 Å². The summed E-state index contributed by atoms with van der Waals surface area (Å²) in [6, 6.07) is 15.9. The number of carbonyl (C=O) groups is 1. The van der Waals surface area contributed by atoms with Crippen LogP contribution in [0.25, 0.3) is 0 Å². The minimum atomic E-state index is -0.260. The van der Waals surface area contributed by atoms with Gasteiger partial charge in [-0.2, -0.15) is 0 Å². The number of halogens is 1. The normalized spacial score (nSPS) is 22.7. The molecule has 22 heavy (non-hydrogen) atoms. The molecular weight excluding hydrogens is 298 g/mol. The van der Waals surface area contributed by atoms with Crippen LogP contribution in [0.4, 0.5) is 5.69 Å². The third-order valence-electron chi connectivity index (χ3n) is 4.55. The molecule has 1 fully saturated rings. The van der Waals surface area contributed by atoms with E-state index in [1.54, 1.807) is 0 Å². The molecule has 2 aromatic carbocycles. The Hall–Kier alpha value is -2.00. The number of nitrogens with zero attached hydrogens (tertiary/aromatic N) is 1. The summed E-state index contributed by atoms with van der Waals surface area (Å²) >= 11 is 5.92. The number of piperidine rings is 1. The van der Waals surface area contributed by atoms with E-state index in [1.807, 2.05) is 42.5 Å².